The van der Waals surface area contributed by atoms with Crippen molar-refractivity contribution < 1.29 is 9.90 Å². The van der Waals surface area contributed by atoms with Crippen LogP contribution in [-0.4, -0.2) is 29.1 Å². The molecule has 0 spiro atoms. The smallest absolute Gasteiger partial charge is 0.261 e. The van der Waals surface area contributed by atoms with Gasteiger partial charge in [-0.15, -0.1) is 0 Å². The Labute approximate surface area is 152 Å². The maximum absolute atomic E-state index is 12.9. The first-order valence-corrected chi connectivity index (χ1v) is 8.34. The minimum atomic E-state index is -0.504. The molecule has 0 saturated heterocycles. The molecule has 0 saturated carbocycles. The number of carbonyl (C=O) groups excluding carboxylic acids is 1. The average molecular weight is 348 g/mol. The van der Waals surface area contributed by atoms with Gasteiger partial charge in [0, 0.05) is 17.6 Å². The maximum Gasteiger partial charge on any atom is 0.261 e. The average Bonchev–Trinajstić information content (AvgIpc) is 2.61. The lowest BCUT2D eigenvalue weighted by molar-refractivity contribution is 0.0973. The minimum Gasteiger partial charge on any atom is -0.507 e. The number of nitrogens with zero attached hydrogens (tertiary/aromatic N) is 2. The summed E-state index contributed by atoms with van der Waals surface area (Å²) in [4.78, 5) is 20.7. The molecular weight excluding hydrogens is 328 g/mol. The summed E-state index contributed by atoms with van der Waals surface area (Å²) in [7, 11) is 0. The van der Waals surface area contributed by atoms with Crippen molar-refractivity contribution >= 4 is 17.6 Å². The Morgan fingerprint density at radius 3 is 2.65 bits per heavy atom. The number of rotatable bonds is 2. The third-order valence-corrected chi connectivity index (χ3v) is 4.27. The number of guanidine groups is 1. The molecule has 3 rings (SSSR count). The van der Waals surface area contributed by atoms with Crippen LogP contribution in [0.1, 0.15) is 30.6 Å². The van der Waals surface area contributed by atoms with Crippen LogP contribution >= 0.6 is 0 Å². The highest BCUT2D eigenvalue weighted by atomic mass is 16.3. The number of amides is 1. The first kappa shape index (κ1) is 17.5. The molecule has 0 fully saturated rings. The van der Waals surface area contributed by atoms with Gasteiger partial charge in [0.2, 0.25) is 0 Å². The molecule has 2 aromatic rings. The number of aliphatic imine (C=N–C) groups is 1. The first-order chi connectivity index (χ1) is 12.4. The van der Waals surface area contributed by atoms with Crippen LogP contribution in [0, 0.1) is 6.57 Å². The van der Waals surface area contributed by atoms with Crippen LogP contribution in [0.4, 0.5) is 5.69 Å². The predicted molar refractivity (Wildman–Crippen MR) is 101 cm³/mol. The van der Waals surface area contributed by atoms with Gasteiger partial charge in [-0.1, -0.05) is 36.4 Å². The number of nitrogens with one attached hydrogen (secondary N) is 2. The fraction of sp³-hybridized carbons (Fsp3) is 0.250. The Morgan fingerprint density at radius 1 is 1.27 bits per heavy atom. The Kier molecular flexibility index (Phi) is 4.63. The third kappa shape index (κ3) is 3.52. The highest BCUT2D eigenvalue weighted by Crippen LogP contribution is 2.38. The van der Waals surface area contributed by atoms with Gasteiger partial charge in [0.05, 0.1) is 12.1 Å². The Morgan fingerprint density at radius 2 is 2.00 bits per heavy atom. The second-order valence-corrected chi connectivity index (χ2v) is 6.77. The molecule has 132 valence electrons. The van der Waals surface area contributed by atoms with Crippen LogP contribution in [0.3, 0.4) is 0 Å². The van der Waals surface area contributed by atoms with Crippen molar-refractivity contribution in [1.82, 2.24) is 10.6 Å². The van der Waals surface area contributed by atoms with Gasteiger partial charge in [-0.25, -0.2) is 4.85 Å². The van der Waals surface area contributed by atoms with E-state index in [1.807, 2.05) is 32.0 Å². The molecule has 1 amide bonds. The molecule has 0 aromatic heterocycles. The molecule has 0 bridgehead atoms. The molecule has 3 N–H and O–H groups in total. The summed E-state index contributed by atoms with van der Waals surface area (Å²) in [5, 5.41) is 16.3. The van der Waals surface area contributed by atoms with E-state index in [-0.39, 0.29) is 16.9 Å². The number of carbonyl (C=O) groups is 1. The van der Waals surface area contributed by atoms with Crippen LogP contribution in [0.5, 0.6) is 5.75 Å². The molecule has 6 heteroatoms. The van der Waals surface area contributed by atoms with Gasteiger partial charge < -0.3 is 10.4 Å². The van der Waals surface area contributed by atoms with Crippen LogP contribution in [-0.2, 0) is 0 Å². The maximum atomic E-state index is 12.9. The van der Waals surface area contributed by atoms with Crippen LogP contribution in [0.25, 0.3) is 16.0 Å². The summed E-state index contributed by atoms with van der Waals surface area (Å²) in [5.41, 5.74) is 1.30. The molecular formula is C20H20N4O2. The fourth-order valence-electron chi connectivity index (χ4n) is 2.91. The molecule has 0 unspecified atom stereocenters. The van der Waals surface area contributed by atoms with E-state index >= 15 is 0 Å². The van der Waals surface area contributed by atoms with Gasteiger partial charge >= 0.3 is 0 Å². The van der Waals surface area contributed by atoms with Crippen LogP contribution < -0.4 is 10.6 Å². The minimum absolute atomic E-state index is 0.0672. The van der Waals surface area contributed by atoms with E-state index < -0.39 is 5.91 Å². The van der Waals surface area contributed by atoms with Crippen molar-refractivity contribution in [3.05, 3.63) is 59.4 Å². The monoisotopic (exact) mass is 348 g/mol. The number of hydrogen-bond acceptors (Lipinski definition) is 4. The SMILES string of the molecule is [C-]#[N+]c1ccc(O)c(C(=O)NC2=NCCC(C)(C)N2)c1-c1ccccc1. The van der Waals surface area contributed by atoms with Crippen molar-refractivity contribution in [3.63, 3.8) is 0 Å². The van der Waals surface area contributed by atoms with Crippen molar-refractivity contribution in [2.24, 2.45) is 4.99 Å². The normalized spacial score (nSPS) is 15.3. The topological polar surface area (TPSA) is 78.1 Å². The van der Waals surface area contributed by atoms with Gasteiger partial charge in [-0.2, -0.15) is 0 Å². The van der Waals surface area contributed by atoms with E-state index in [9.17, 15) is 9.90 Å². The zero-order valence-electron chi connectivity index (χ0n) is 14.7. The summed E-state index contributed by atoms with van der Waals surface area (Å²) in [6, 6.07) is 12.0. The Bertz CT molecular complexity index is 911. The highest BCUT2D eigenvalue weighted by molar-refractivity contribution is 6.12. The highest BCUT2D eigenvalue weighted by Gasteiger charge is 2.26. The summed E-state index contributed by atoms with van der Waals surface area (Å²) in [6.07, 6.45) is 0.861. The molecule has 0 atom stereocenters. The molecule has 1 aliphatic heterocycles. The van der Waals surface area contributed by atoms with E-state index in [4.69, 9.17) is 6.57 Å². The number of phenolic OH excluding ortho intramolecular Hbond substituents is 1. The van der Waals surface area contributed by atoms with Gasteiger partial charge in [0.1, 0.15) is 5.75 Å². The van der Waals surface area contributed by atoms with E-state index in [0.29, 0.717) is 29.3 Å². The molecule has 26 heavy (non-hydrogen) atoms. The van der Waals surface area contributed by atoms with Gasteiger partial charge in [-0.05, 0) is 31.9 Å². The lowest BCUT2D eigenvalue weighted by Gasteiger charge is -2.31. The van der Waals surface area contributed by atoms with Crippen LogP contribution in [0.2, 0.25) is 0 Å². The number of aromatic hydroxyl groups is 1. The van der Waals surface area contributed by atoms with Crippen molar-refractivity contribution in [2.45, 2.75) is 25.8 Å². The number of benzene rings is 2. The molecule has 2 aromatic carbocycles. The van der Waals surface area contributed by atoms with Crippen molar-refractivity contribution in [1.29, 1.82) is 0 Å². The van der Waals surface area contributed by atoms with Crippen LogP contribution in [0.15, 0.2) is 47.5 Å². The second-order valence-electron chi connectivity index (χ2n) is 6.77. The van der Waals surface area contributed by atoms with Gasteiger partial charge in [0.15, 0.2) is 11.6 Å². The van der Waals surface area contributed by atoms with E-state index in [1.54, 1.807) is 12.1 Å². The van der Waals surface area contributed by atoms with Crippen molar-refractivity contribution in [3.8, 4) is 16.9 Å². The van der Waals surface area contributed by atoms with Gasteiger partial charge in [0.25, 0.3) is 5.91 Å². The van der Waals surface area contributed by atoms with Gasteiger partial charge in [-0.3, -0.25) is 15.1 Å². The Balaban J connectivity index is 2.03. The molecule has 0 aliphatic carbocycles. The number of phenols is 1. The Hall–Kier alpha value is -3.33. The molecule has 1 aliphatic rings. The summed E-state index contributed by atoms with van der Waals surface area (Å²) >= 11 is 0. The summed E-state index contributed by atoms with van der Waals surface area (Å²) in [6.45, 7) is 12.1. The summed E-state index contributed by atoms with van der Waals surface area (Å²) in [5.74, 6) is -0.307. The standard InChI is InChI=1S/C20H20N4O2/c1-20(2)11-12-22-19(24-20)23-18(26)17-15(25)10-9-14(21-3)16(17)13-7-5-4-6-8-13/h4-10,25H,11-12H2,1-2H3,(H2,22,23,24,26). The largest absolute Gasteiger partial charge is 0.507 e. The second kappa shape index (κ2) is 6.89. The molecule has 6 nitrogen and oxygen atoms in total. The quantitative estimate of drug-likeness (QED) is 0.727. The third-order valence-electron chi connectivity index (χ3n) is 4.27. The molecule has 0 radical (unpaired) electrons. The molecule has 1 heterocycles. The summed E-state index contributed by atoms with van der Waals surface area (Å²) < 4.78 is 0. The lowest BCUT2D eigenvalue weighted by Crippen LogP contribution is -2.53. The zero-order valence-corrected chi connectivity index (χ0v) is 14.7. The number of hydrogen-bond donors (Lipinski definition) is 3. The first-order valence-electron chi connectivity index (χ1n) is 8.34. The van der Waals surface area contributed by atoms with Crippen molar-refractivity contribution in [2.75, 3.05) is 6.54 Å². The van der Waals surface area contributed by atoms with E-state index in [2.05, 4.69) is 20.5 Å². The predicted octanol–water partition coefficient (Wildman–Crippen LogP) is 3.47. The lowest BCUT2D eigenvalue weighted by atomic mass is 9.96. The van der Waals surface area contributed by atoms with E-state index in [0.717, 1.165) is 6.42 Å². The zero-order chi connectivity index (χ0) is 18.7. The van der Waals surface area contributed by atoms with E-state index in [1.165, 1.54) is 12.1 Å². The fourth-order valence-corrected chi connectivity index (χ4v) is 2.91.